The van der Waals surface area contributed by atoms with Gasteiger partial charge in [0.15, 0.2) is 12.6 Å². The summed E-state index contributed by atoms with van der Waals surface area (Å²) in [5, 5.41) is 2.23. The molecule has 0 bridgehead atoms. The number of nitrogens with zero attached hydrogens (tertiary/aromatic N) is 4. The summed E-state index contributed by atoms with van der Waals surface area (Å²) in [6.07, 6.45) is 1.60. The lowest BCUT2D eigenvalue weighted by Gasteiger charge is -2.28. The van der Waals surface area contributed by atoms with Gasteiger partial charge in [-0.25, -0.2) is 9.37 Å². The van der Waals surface area contributed by atoms with E-state index in [1.165, 1.54) is 0 Å². The molecule has 164 valence electrons. The monoisotopic (exact) mass is 454 g/mol. The minimum absolute atomic E-state index is 0.0166. The van der Waals surface area contributed by atoms with Crippen molar-refractivity contribution in [2.75, 3.05) is 45.1 Å². The molecule has 2 aromatic carbocycles. The Hall–Kier alpha value is -3.07. The lowest BCUT2D eigenvalue weighted by Crippen LogP contribution is -2.37. The molecule has 0 unspecified atom stereocenters. The maximum Gasteiger partial charge on any atom is 0.225 e. The van der Waals surface area contributed by atoms with Crippen molar-refractivity contribution >= 4 is 39.1 Å². The molecule has 2 aromatic heterocycles. The molecule has 0 radical (unpaired) electrons. The van der Waals surface area contributed by atoms with Gasteiger partial charge in [0.25, 0.3) is 0 Å². The topological polar surface area (TPSA) is 69.6 Å². The van der Waals surface area contributed by atoms with E-state index in [1.807, 2.05) is 35.2 Å². The quantitative estimate of drug-likeness (QED) is 0.326. The van der Waals surface area contributed by atoms with Crippen molar-refractivity contribution in [1.29, 1.82) is 0 Å². The van der Waals surface area contributed by atoms with E-state index in [0.717, 1.165) is 10.8 Å². The highest BCUT2D eigenvalue weighted by atomic mass is 35.5. The van der Waals surface area contributed by atoms with Crippen molar-refractivity contribution in [2.45, 2.75) is 0 Å². The molecule has 0 amide bonds. The maximum atomic E-state index is 15.9. The normalized spacial score (nSPS) is 14.3. The van der Waals surface area contributed by atoms with Crippen LogP contribution in [0.4, 0.5) is 10.2 Å². The third-order valence-electron chi connectivity index (χ3n) is 5.38. The standard InChI is InChI=1S/C23H20ClFN4O3/c1-30-13-32-15-10-14-4-2-3-5-16(14)17(11-15)20-19(25)21-18(12-26-20)22(28-23(24)27-21)29-6-8-31-9-7-29/h2-5,10-12H,6-9,13H2,1H3. The molecule has 9 heteroatoms. The van der Waals surface area contributed by atoms with E-state index < -0.39 is 5.82 Å². The molecular formula is C23H20ClFN4O3. The van der Waals surface area contributed by atoms with Crippen LogP contribution < -0.4 is 9.64 Å². The molecule has 1 saturated heterocycles. The second-order valence-corrected chi connectivity index (χ2v) is 7.68. The SMILES string of the molecule is COCOc1cc(-c2ncc3c(N4CCOCC4)nc(Cl)nc3c2F)c2ccccc2c1. The molecule has 0 saturated carbocycles. The third kappa shape index (κ3) is 3.81. The van der Waals surface area contributed by atoms with Crippen LogP contribution in [0.3, 0.4) is 0 Å². The highest BCUT2D eigenvalue weighted by Crippen LogP contribution is 2.36. The predicted molar refractivity (Wildman–Crippen MR) is 121 cm³/mol. The van der Waals surface area contributed by atoms with E-state index in [1.54, 1.807) is 19.4 Å². The molecule has 7 nitrogen and oxygen atoms in total. The fourth-order valence-electron chi connectivity index (χ4n) is 3.91. The number of halogens is 2. The number of benzene rings is 2. The van der Waals surface area contributed by atoms with Gasteiger partial charge in [0, 0.05) is 32.0 Å². The van der Waals surface area contributed by atoms with Gasteiger partial charge in [0.05, 0.1) is 18.6 Å². The van der Waals surface area contributed by atoms with Gasteiger partial charge in [-0.1, -0.05) is 24.3 Å². The Morgan fingerprint density at radius 1 is 1.12 bits per heavy atom. The number of fused-ring (bicyclic) bond motifs is 2. The lowest BCUT2D eigenvalue weighted by molar-refractivity contribution is 0.0512. The predicted octanol–water partition coefficient (Wildman–Crippen LogP) is 4.46. The van der Waals surface area contributed by atoms with Gasteiger partial charge in [0.2, 0.25) is 5.28 Å². The van der Waals surface area contributed by atoms with Crippen LogP contribution in [0, 0.1) is 5.82 Å². The Morgan fingerprint density at radius 2 is 1.94 bits per heavy atom. The number of rotatable bonds is 5. The first-order valence-corrected chi connectivity index (χ1v) is 10.5. The van der Waals surface area contributed by atoms with Gasteiger partial charge >= 0.3 is 0 Å². The van der Waals surface area contributed by atoms with E-state index in [-0.39, 0.29) is 23.3 Å². The average molecular weight is 455 g/mol. The summed E-state index contributed by atoms with van der Waals surface area (Å²) in [4.78, 5) is 15.0. The Bertz CT molecular complexity index is 1300. The Morgan fingerprint density at radius 3 is 2.75 bits per heavy atom. The van der Waals surface area contributed by atoms with Crippen molar-refractivity contribution < 1.29 is 18.6 Å². The number of aromatic nitrogens is 3. The summed E-state index contributed by atoms with van der Waals surface area (Å²) < 4.78 is 31.9. The first-order valence-electron chi connectivity index (χ1n) is 10.1. The van der Waals surface area contributed by atoms with Gasteiger partial charge in [-0.05, 0) is 34.5 Å². The summed E-state index contributed by atoms with van der Waals surface area (Å²) in [5.74, 6) is 0.551. The van der Waals surface area contributed by atoms with Gasteiger partial charge in [0.1, 0.15) is 22.8 Å². The van der Waals surface area contributed by atoms with Crippen LogP contribution in [0.2, 0.25) is 5.28 Å². The van der Waals surface area contributed by atoms with Crippen molar-refractivity contribution in [1.82, 2.24) is 15.0 Å². The number of morpholine rings is 1. The first-order chi connectivity index (χ1) is 15.7. The Balaban J connectivity index is 1.70. The first kappa shape index (κ1) is 20.8. The van der Waals surface area contributed by atoms with Crippen LogP contribution in [-0.4, -0.2) is 55.2 Å². The minimum atomic E-state index is -0.560. The van der Waals surface area contributed by atoms with E-state index in [2.05, 4.69) is 15.0 Å². The fraction of sp³-hybridized carbons (Fsp3) is 0.261. The summed E-state index contributed by atoms with van der Waals surface area (Å²) in [6, 6.07) is 11.3. The minimum Gasteiger partial charge on any atom is -0.468 e. The molecule has 0 spiro atoms. The number of anilines is 1. The third-order valence-corrected chi connectivity index (χ3v) is 5.55. The van der Waals surface area contributed by atoms with Crippen molar-refractivity contribution in [2.24, 2.45) is 0 Å². The molecule has 1 aliphatic heterocycles. The largest absolute Gasteiger partial charge is 0.468 e. The average Bonchev–Trinajstić information content (AvgIpc) is 2.83. The molecule has 0 aliphatic carbocycles. The smallest absolute Gasteiger partial charge is 0.225 e. The van der Waals surface area contributed by atoms with Crippen LogP contribution in [0.15, 0.2) is 42.6 Å². The summed E-state index contributed by atoms with van der Waals surface area (Å²) in [6.45, 7) is 2.48. The van der Waals surface area contributed by atoms with Crippen molar-refractivity contribution in [3.05, 3.63) is 53.7 Å². The molecule has 1 aliphatic rings. The van der Waals surface area contributed by atoms with Crippen LogP contribution in [0.25, 0.3) is 32.9 Å². The number of pyridine rings is 1. The molecule has 5 rings (SSSR count). The van der Waals surface area contributed by atoms with Crippen molar-refractivity contribution in [3.8, 4) is 17.0 Å². The van der Waals surface area contributed by atoms with E-state index in [0.29, 0.717) is 48.8 Å². The van der Waals surface area contributed by atoms with Gasteiger partial charge < -0.3 is 19.1 Å². The number of methoxy groups -OCH3 is 1. The van der Waals surface area contributed by atoms with E-state index in [9.17, 15) is 0 Å². The summed E-state index contributed by atoms with van der Waals surface area (Å²) in [7, 11) is 1.54. The zero-order valence-electron chi connectivity index (χ0n) is 17.3. The van der Waals surface area contributed by atoms with Crippen LogP contribution in [0.5, 0.6) is 5.75 Å². The molecule has 3 heterocycles. The van der Waals surface area contributed by atoms with E-state index >= 15 is 4.39 Å². The molecule has 1 fully saturated rings. The fourth-order valence-corrected chi connectivity index (χ4v) is 4.07. The summed E-state index contributed by atoms with van der Waals surface area (Å²) in [5.41, 5.74) is 0.888. The van der Waals surface area contributed by atoms with Gasteiger partial charge in [-0.3, -0.25) is 4.98 Å². The molecule has 0 atom stereocenters. The van der Waals surface area contributed by atoms with Gasteiger partial charge in [-0.2, -0.15) is 4.98 Å². The molecule has 32 heavy (non-hydrogen) atoms. The summed E-state index contributed by atoms with van der Waals surface area (Å²) >= 11 is 6.19. The number of hydrogen-bond acceptors (Lipinski definition) is 7. The van der Waals surface area contributed by atoms with Gasteiger partial charge in [-0.15, -0.1) is 0 Å². The number of ether oxygens (including phenoxy) is 3. The zero-order valence-corrected chi connectivity index (χ0v) is 18.1. The second kappa shape index (κ2) is 8.82. The van der Waals surface area contributed by atoms with Crippen LogP contribution in [-0.2, 0) is 9.47 Å². The Labute approximate surface area is 188 Å². The Kier molecular flexibility index (Phi) is 5.73. The van der Waals surface area contributed by atoms with Crippen LogP contribution in [0.1, 0.15) is 0 Å². The second-order valence-electron chi connectivity index (χ2n) is 7.34. The van der Waals surface area contributed by atoms with Crippen molar-refractivity contribution in [3.63, 3.8) is 0 Å². The molecule has 4 aromatic rings. The maximum absolute atomic E-state index is 15.9. The highest BCUT2D eigenvalue weighted by molar-refractivity contribution is 6.28. The lowest BCUT2D eigenvalue weighted by atomic mass is 10.00. The van der Waals surface area contributed by atoms with E-state index in [4.69, 9.17) is 25.8 Å². The molecule has 0 N–H and O–H groups in total. The molecular weight excluding hydrogens is 435 g/mol. The highest BCUT2D eigenvalue weighted by Gasteiger charge is 2.22. The number of hydrogen-bond donors (Lipinski definition) is 0. The zero-order chi connectivity index (χ0) is 22.1. The van der Waals surface area contributed by atoms with Crippen LogP contribution >= 0.6 is 11.6 Å².